The molecule has 4 nitrogen and oxygen atoms in total. The van der Waals surface area contributed by atoms with Crippen LogP contribution in [0.25, 0.3) is 0 Å². The molecule has 0 aliphatic rings. The zero-order chi connectivity index (χ0) is 19.6. The fourth-order valence-electron chi connectivity index (χ4n) is 2.56. The maximum atomic E-state index is 13.8. The SMILES string of the molecule is Cc1nn(Cc2ccccc2Cl)c(Cl)c1C(=O)OCc1c(F)cccc1Cl. The van der Waals surface area contributed by atoms with E-state index in [4.69, 9.17) is 39.5 Å². The number of halogens is 4. The molecule has 27 heavy (non-hydrogen) atoms. The number of aromatic nitrogens is 2. The topological polar surface area (TPSA) is 44.1 Å². The second-order valence-corrected chi connectivity index (χ2v) is 6.95. The smallest absolute Gasteiger partial charge is 0.343 e. The molecule has 0 saturated heterocycles. The average molecular weight is 428 g/mol. The molecule has 3 rings (SSSR count). The molecule has 0 aliphatic heterocycles. The third kappa shape index (κ3) is 4.26. The summed E-state index contributed by atoms with van der Waals surface area (Å²) >= 11 is 18.4. The highest BCUT2D eigenvalue weighted by atomic mass is 35.5. The molecule has 140 valence electrons. The van der Waals surface area contributed by atoms with Crippen molar-refractivity contribution in [3.8, 4) is 0 Å². The number of hydrogen-bond donors (Lipinski definition) is 0. The van der Waals surface area contributed by atoms with E-state index in [-0.39, 0.29) is 27.9 Å². The molecule has 0 fully saturated rings. The minimum absolute atomic E-state index is 0.102. The Labute approximate surface area is 170 Å². The summed E-state index contributed by atoms with van der Waals surface area (Å²) in [5.41, 5.74) is 1.43. The van der Waals surface area contributed by atoms with Crippen LogP contribution in [0.3, 0.4) is 0 Å². The monoisotopic (exact) mass is 426 g/mol. The van der Waals surface area contributed by atoms with Crippen LogP contribution in [0.4, 0.5) is 4.39 Å². The minimum atomic E-state index is -0.706. The van der Waals surface area contributed by atoms with Gasteiger partial charge < -0.3 is 4.74 Å². The Balaban J connectivity index is 1.80. The van der Waals surface area contributed by atoms with E-state index in [1.165, 1.54) is 22.9 Å². The van der Waals surface area contributed by atoms with Gasteiger partial charge in [0.1, 0.15) is 23.1 Å². The number of carbonyl (C=O) groups excluding carboxylic acids is 1. The molecule has 0 radical (unpaired) electrons. The molecule has 0 amide bonds. The molecular formula is C19H14Cl3FN2O2. The number of ether oxygens (including phenoxy) is 1. The van der Waals surface area contributed by atoms with Crippen LogP contribution in [0.2, 0.25) is 15.2 Å². The van der Waals surface area contributed by atoms with Gasteiger partial charge in [-0.1, -0.05) is 59.1 Å². The van der Waals surface area contributed by atoms with Gasteiger partial charge >= 0.3 is 5.97 Å². The van der Waals surface area contributed by atoms with Crippen LogP contribution in [0.5, 0.6) is 0 Å². The summed E-state index contributed by atoms with van der Waals surface area (Å²) in [6, 6.07) is 11.5. The Morgan fingerprint density at radius 2 is 1.81 bits per heavy atom. The first-order valence-electron chi connectivity index (χ1n) is 7.94. The van der Waals surface area contributed by atoms with Crippen molar-refractivity contribution >= 4 is 40.8 Å². The van der Waals surface area contributed by atoms with Crippen LogP contribution in [0, 0.1) is 12.7 Å². The van der Waals surface area contributed by atoms with Crippen molar-refractivity contribution in [3.63, 3.8) is 0 Å². The van der Waals surface area contributed by atoms with Crippen LogP contribution in [0.1, 0.15) is 27.2 Å². The fourth-order valence-corrected chi connectivity index (χ4v) is 3.28. The third-order valence-electron chi connectivity index (χ3n) is 3.96. The Bertz CT molecular complexity index is 984. The van der Waals surface area contributed by atoms with Gasteiger partial charge in [0.2, 0.25) is 0 Å². The van der Waals surface area contributed by atoms with E-state index >= 15 is 0 Å². The molecule has 8 heteroatoms. The van der Waals surface area contributed by atoms with E-state index in [2.05, 4.69) is 5.10 Å². The molecule has 0 atom stereocenters. The Hall–Kier alpha value is -2.08. The Kier molecular flexibility index (Phi) is 6.05. The molecule has 0 spiro atoms. The van der Waals surface area contributed by atoms with Crippen molar-refractivity contribution in [1.29, 1.82) is 0 Å². The van der Waals surface area contributed by atoms with Gasteiger partial charge in [0.15, 0.2) is 0 Å². The van der Waals surface area contributed by atoms with Gasteiger partial charge in [-0.05, 0) is 30.7 Å². The van der Waals surface area contributed by atoms with E-state index in [9.17, 15) is 9.18 Å². The molecule has 0 bridgehead atoms. The minimum Gasteiger partial charge on any atom is -0.457 e. The molecule has 3 aromatic rings. The van der Waals surface area contributed by atoms with Crippen LogP contribution in [-0.2, 0) is 17.9 Å². The third-order valence-corrected chi connectivity index (χ3v) is 5.06. The van der Waals surface area contributed by atoms with Crippen molar-refractivity contribution in [1.82, 2.24) is 9.78 Å². The van der Waals surface area contributed by atoms with Gasteiger partial charge in [0.25, 0.3) is 0 Å². The first-order chi connectivity index (χ1) is 12.9. The quantitative estimate of drug-likeness (QED) is 0.491. The average Bonchev–Trinajstić information content (AvgIpc) is 2.90. The number of nitrogens with zero attached hydrogens (tertiary/aromatic N) is 2. The molecule has 0 saturated carbocycles. The van der Waals surface area contributed by atoms with Crippen molar-refractivity contribution in [2.75, 3.05) is 0 Å². The first-order valence-corrected chi connectivity index (χ1v) is 9.08. The highest BCUT2D eigenvalue weighted by molar-refractivity contribution is 6.33. The van der Waals surface area contributed by atoms with Crippen LogP contribution < -0.4 is 0 Å². The summed E-state index contributed by atoms with van der Waals surface area (Å²) in [4.78, 5) is 12.5. The number of aryl methyl sites for hydroxylation is 1. The van der Waals surface area contributed by atoms with Gasteiger partial charge in [-0.3, -0.25) is 0 Å². The maximum Gasteiger partial charge on any atom is 0.343 e. The summed E-state index contributed by atoms with van der Waals surface area (Å²) in [5.74, 6) is -1.25. The maximum absolute atomic E-state index is 13.8. The number of rotatable bonds is 5. The lowest BCUT2D eigenvalue weighted by molar-refractivity contribution is 0.0468. The van der Waals surface area contributed by atoms with E-state index in [0.29, 0.717) is 17.3 Å². The van der Waals surface area contributed by atoms with E-state index in [0.717, 1.165) is 5.56 Å². The largest absolute Gasteiger partial charge is 0.457 e. The van der Waals surface area contributed by atoms with E-state index < -0.39 is 11.8 Å². The van der Waals surface area contributed by atoms with Crippen molar-refractivity contribution < 1.29 is 13.9 Å². The predicted molar refractivity (Wildman–Crippen MR) is 103 cm³/mol. The number of carbonyl (C=O) groups is 1. The lowest BCUT2D eigenvalue weighted by Gasteiger charge is -2.08. The summed E-state index contributed by atoms with van der Waals surface area (Å²) in [7, 11) is 0. The number of esters is 1. The summed E-state index contributed by atoms with van der Waals surface area (Å²) in [6.07, 6.45) is 0. The summed E-state index contributed by atoms with van der Waals surface area (Å²) in [5, 5.41) is 5.16. The zero-order valence-electron chi connectivity index (χ0n) is 14.2. The van der Waals surface area contributed by atoms with Gasteiger partial charge in [0.05, 0.1) is 17.3 Å². The summed E-state index contributed by atoms with van der Waals surface area (Å²) < 4.78 is 20.5. The Morgan fingerprint density at radius 1 is 1.11 bits per heavy atom. The molecule has 1 aromatic heterocycles. The van der Waals surface area contributed by atoms with Gasteiger partial charge in [-0.25, -0.2) is 13.9 Å². The molecule has 0 N–H and O–H groups in total. The fraction of sp³-hybridized carbons (Fsp3) is 0.158. The van der Waals surface area contributed by atoms with Gasteiger partial charge in [-0.15, -0.1) is 0 Å². The zero-order valence-corrected chi connectivity index (χ0v) is 16.4. The highest BCUT2D eigenvalue weighted by Gasteiger charge is 2.23. The number of benzene rings is 2. The molecule has 0 aliphatic carbocycles. The van der Waals surface area contributed by atoms with Crippen LogP contribution >= 0.6 is 34.8 Å². The molecule has 1 heterocycles. The predicted octanol–water partition coefficient (Wildman–Crippen LogP) is 5.70. The Morgan fingerprint density at radius 3 is 2.52 bits per heavy atom. The van der Waals surface area contributed by atoms with Crippen LogP contribution in [-0.4, -0.2) is 15.7 Å². The molecule has 0 unspecified atom stereocenters. The van der Waals surface area contributed by atoms with Gasteiger partial charge in [0, 0.05) is 10.6 Å². The van der Waals surface area contributed by atoms with Crippen molar-refractivity contribution in [3.05, 3.63) is 85.9 Å². The molecule has 2 aromatic carbocycles. The number of hydrogen-bond acceptors (Lipinski definition) is 3. The normalized spacial score (nSPS) is 10.9. The lowest BCUT2D eigenvalue weighted by Crippen LogP contribution is -2.08. The van der Waals surface area contributed by atoms with Gasteiger partial charge in [-0.2, -0.15) is 5.10 Å². The highest BCUT2D eigenvalue weighted by Crippen LogP contribution is 2.25. The lowest BCUT2D eigenvalue weighted by atomic mass is 10.2. The van der Waals surface area contributed by atoms with Crippen LogP contribution in [0.15, 0.2) is 42.5 Å². The summed E-state index contributed by atoms with van der Waals surface area (Å²) in [6.45, 7) is 1.63. The molecular weight excluding hydrogens is 414 g/mol. The van der Waals surface area contributed by atoms with E-state index in [1.807, 2.05) is 18.2 Å². The van der Waals surface area contributed by atoms with E-state index in [1.54, 1.807) is 13.0 Å². The van der Waals surface area contributed by atoms with Crippen molar-refractivity contribution in [2.45, 2.75) is 20.1 Å². The van der Waals surface area contributed by atoms with Crippen molar-refractivity contribution in [2.24, 2.45) is 0 Å². The first kappa shape index (κ1) is 19.7. The second-order valence-electron chi connectivity index (χ2n) is 5.78. The second kappa shape index (κ2) is 8.30. The standard InChI is InChI=1S/C19H14Cl3FN2O2/c1-11-17(19(26)27-10-13-15(21)7-4-8-16(13)23)18(22)25(24-11)9-12-5-2-3-6-14(12)20/h2-8H,9-10H2,1H3.